The van der Waals surface area contributed by atoms with Crippen LogP contribution in [0.15, 0.2) is 35.1 Å². The molecule has 1 aromatic heterocycles. The Morgan fingerprint density at radius 2 is 2.05 bits per heavy atom. The number of rotatable bonds is 5. The van der Waals surface area contributed by atoms with E-state index in [0.29, 0.717) is 27.4 Å². The van der Waals surface area contributed by atoms with Gasteiger partial charge in [0.05, 0.1) is 11.6 Å². The van der Waals surface area contributed by atoms with Crippen molar-refractivity contribution in [1.82, 2.24) is 9.97 Å². The fourth-order valence-electron chi connectivity index (χ4n) is 1.49. The highest BCUT2D eigenvalue weighted by Crippen LogP contribution is 2.36. The van der Waals surface area contributed by atoms with Gasteiger partial charge in [-0.05, 0) is 34.1 Å². The van der Waals surface area contributed by atoms with Crippen molar-refractivity contribution < 1.29 is 14.3 Å². The zero-order chi connectivity index (χ0) is 13.7. The number of ether oxygens (including phenoxy) is 2. The number of aldehydes is 1. The van der Waals surface area contributed by atoms with Crippen LogP contribution in [0.1, 0.15) is 16.2 Å². The van der Waals surface area contributed by atoms with E-state index in [1.165, 1.54) is 7.11 Å². The van der Waals surface area contributed by atoms with Gasteiger partial charge >= 0.3 is 0 Å². The van der Waals surface area contributed by atoms with Gasteiger partial charge in [-0.15, -0.1) is 0 Å². The average Bonchev–Trinajstić information content (AvgIpc) is 2.46. The third-order valence-corrected chi connectivity index (χ3v) is 2.94. The van der Waals surface area contributed by atoms with Crippen LogP contribution in [0.2, 0.25) is 0 Å². The first kappa shape index (κ1) is 13.5. The molecule has 19 heavy (non-hydrogen) atoms. The van der Waals surface area contributed by atoms with Crippen LogP contribution in [-0.4, -0.2) is 23.4 Å². The fourth-order valence-corrected chi connectivity index (χ4v) is 2.06. The molecule has 6 heteroatoms. The summed E-state index contributed by atoms with van der Waals surface area (Å²) in [6.45, 7) is 0.218. The van der Waals surface area contributed by atoms with E-state index in [4.69, 9.17) is 9.47 Å². The minimum Gasteiger partial charge on any atom is -0.493 e. The number of hydrogen-bond acceptors (Lipinski definition) is 5. The number of benzene rings is 1. The molecule has 0 aliphatic heterocycles. The zero-order valence-electron chi connectivity index (χ0n) is 10.2. The van der Waals surface area contributed by atoms with Gasteiger partial charge in [0.1, 0.15) is 12.9 Å². The van der Waals surface area contributed by atoms with Crippen LogP contribution < -0.4 is 9.47 Å². The number of hydrogen-bond donors (Lipinski definition) is 0. The zero-order valence-corrected chi connectivity index (χ0v) is 11.8. The van der Waals surface area contributed by atoms with Gasteiger partial charge in [0, 0.05) is 18.0 Å². The van der Waals surface area contributed by atoms with E-state index in [1.54, 1.807) is 30.6 Å². The van der Waals surface area contributed by atoms with Crippen LogP contribution >= 0.6 is 15.9 Å². The highest BCUT2D eigenvalue weighted by molar-refractivity contribution is 9.10. The lowest BCUT2D eigenvalue weighted by Gasteiger charge is -2.12. The van der Waals surface area contributed by atoms with Crippen LogP contribution in [-0.2, 0) is 6.61 Å². The molecule has 0 radical (unpaired) electrons. The lowest BCUT2D eigenvalue weighted by molar-refractivity contribution is 0.112. The SMILES string of the molecule is COc1cc(C=O)cc(Br)c1OCc1ncccn1. The predicted molar refractivity (Wildman–Crippen MR) is 72.4 cm³/mol. The Morgan fingerprint density at radius 1 is 1.32 bits per heavy atom. The first-order valence-corrected chi connectivity index (χ1v) is 6.25. The average molecular weight is 323 g/mol. The molecular weight excluding hydrogens is 312 g/mol. The molecule has 0 aliphatic rings. The van der Waals surface area contributed by atoms with Gasteiger partial charge in [-0.25, -0.2) is 9.97 Å². The first-order chi connectivity index (χ1) is 9.24. The smallest absolute Gasteiger partial charge is 0.176 e. The Labute approximate surface area is 118 Å². The summed E-state index contributed by atoms with van der Waals surface area (Å²) in [7, 11) is 1.52. The highest BCUT2D eigenvalue weighted by atomic mass is 79.9. The monoisotopic (exact) mass is 322 g/mol. The van der Waals surface area contributed by atoms with Crippen molar-refractivity contribution in [2.75, 3.05) is 7.11 Å². The number of halogens is 1. The molecule has 5 nitrogen and oxygen atoms in total. The van der Waals surface area contributed by atoms with Crippen molar-refractivity contribution >= 4 is 22.2 Å². The van der Waals surface area contributed by atoms with E-state index < -0.39 is 0 Å². The molecule has 0 amide bonds. The van der Waals surface area contributed by atoms with Gasteiger partial charge in [-0.1, -0.05) is 0 Å². The van der Waals surface area contributed by atoms with Crippen molar-refractivity contribution in [2.45, 2.75) is 6.61 Å². The lowest BCUT2D eigenvalue weighted by atomic mass is 10.2. The van der Waals surface area contributed by atoms with E-state index in [1.807, 2.05) is 0 Å². The molecule has 0 bridgehead atoms. The van der Waals surface area contributed by atoms with E-state index in [9.17, 15) is 4.79 Å². The van der Waals surface area contributed by atoms with Gasteiger partial charge in [-0.3, -0.25) is 4.79 Å². The molecule has 0 aliphatic carbocycles. The number of carbonyl (C=O) groups excluding carboxylic acids is 1. The topological polar surface area (TPSA) is 61.3 Å². The Bertz CT molecular complexity index is 576. The van der Waals surface area contributed by atoms with Crippen molar-refractivity contribution in [3.63, 3.8) is 0 Å². The second kappa shape index (κ2) is 6.29. The van der Waals surface area contributed by atoms with Crippen LogP contribution in [0, 0.1) is 0 Å². The molecule has 0 spiro atoms. The summed E-state index contributed by atoms with van der Waals surface area (Å²) < 4.78 is 11.5. The minimum atomic E-state index is 0.218. The second-order valence-electron chi connectivity index (χ2n) is 3.61. The maximum absolute atomic E-state index is 10.8. The maximum Gasteiger partial charge on any atom is 0.176 e. The van der Waals surface area contributed by atoms with Gasteiger partial charge in [0.2, 0.25) is 0 Å². The van der Waals surface area contributed by atoms with Gasteiger partial charge in [-0.2, -0.15) is 0 Å². The summed E-state index contributed by atoms with van der Waals surface area (Å²) in [6.07, 6.45) is 4.04. The third kappa shape index (κ3) is 3.29. The molecular formula is C13H11BrN2O3. The molecule has 1 aromatic carbocycles. The molecule has 0 saturated carbocycles. The summed E-state index contributed by atoms with van der Waals surface area (Å²) in [5.74, 6) is 1.56. The molecule has 98 valence electrons. The molecule has 2 rings (SSSR count). The normalized spacial score (nSPS) is 10.0. The summed E-state index contributed by atoms with van der Waals surface area (Å²) in [6, 6.07) is 5.01. The minimum absolute atomic E-state index is 0.218. The van der Waals surface area contributed by atoms with E-state index in [-0.39, 0.29) is 6.61 Å². The highest BCUT2D eigenvalue weighted by Gasteiger charge is 2.12. The summed E-state index contributed by atoms with van der Waals surface area (Å²) in [5.41, 5.74) is 0.507. The van der Waals surface area contributed by atoms with Gasteiger partial charge in [0.25, 0.3) is 0 Å². The van der Waals surface area contributed by atoms with Crippen molar-refractivity contribution in [1.29, 1.82) is 0 Å². The Balaban J connectivity index is 2.22. The molecule has 0 fully saturated rings. The fraction of sp³-hybridized carbons (Fsp3) is 0.154. The van der Waals surface area contributed by atoms with Crippen molar-refractivity contribution in [3.05, 3.63) is 46.5 Å². The van der Waals surface area contributed by atoms with Crippen LogP contribution in [0.25, 0.3) is 0 Å². The summed E-state index contributed by atoms with van der Waals surface area (Å²) in [5, 5.41) is 0. The molecule has 2 aromatic rings. The largest absolute Gasteiger partial charge is 0.493 e. The van der Waals surface area contributed by atoms with E-state index >= 15 is 0 Å². The third-order valence-electron chi connectivity index (χ3n) is 2.35. The predicted octanol–water partition coefficient (Wildman–Crippen LogP) is 2.64. The maximum atomic E-state index is 10.8. The number of methoxy groups -OCH3 is 1. The van der Waals surface area contributed by atoms with Crippen molar-refractivity contribution in [2.24, 2.45) is 0 Å². The summed E-state index contributed by atoms with van der Waals surface area (Å²) >= 11 is 3.35. The first-order valence-electron chi connectivity index (χ1n) is 5.46. The molecule has 0 unspecified atom stereocenters. The van der Waals surface area contributed by atoms with Crippen LogP contribution in [0.5, 0.6) is 11.5 Å². The van der Waals surface area contributed by atoms with E-state index in [2.05, 4.69) is 25.9 Å². The van der Waals surface area contributed by atoms with Crippen LogP contribution in [0.3, 0.4) is 0 Å². The summed E-state index contributed by atoms with van der Waals surface area (Å²) in [4.78, 5) is 18.9. The molecule has 0 saturated heterocycles. The molecule has 0 N–H and O–H groups in total. The second-order valence-corrected chi connectivity index (χ2v) is 4.46. The lowest BCUT2D eigenvalue weighted by Crippen LogP contribution is -2.02. The Kier molecular flexibility index (Phi) is 4.46. The standard InChI is InChI=1S/C13H11BrN2O3/c1-18-11-6-9(7-17)5-10(14)13(11)19-8-12-15-3-2-4-16-12/h2-7H,8H2,1H3. The number of nitrogens with zero attached hydrogens (tertiary/aromatic N) is 2. The molecule has 0 atom stereocenters. The van der Waals surface area contributed by atoms with E-state index in [0.717, 1.165) is 6.29 Å². The Hall–Kier alpha value is -1.95. The van der Waals surface area contributed by atoms with Crippen molar-refractivity contribution in [3.8, 4) is 11.5 Å². The van der Waals surface area contributed by atoms with Gasteiger partial charge < -0.3 is 9.47 Å². The van der Waals surface area contributed by atoms with Gasteiger partial charge in [0.15, 0.2) is 17.3 Å². The number of aromatic nitrogens is 2. The Morgan fingerprint density at radius 3 is 2.68 bits per heavy atom. The number of carbonyl (C=O) groups is 1. The quantitative estimate of drug-likeness (QED) is 0.792. The van der Waals surface area contributed by atoms with Crippen LogP contribution in [0.4, 0.5) is 0 Å². The molecule has 1 heterocycles.